The number of nitrogens with zero attached hydrogens (tertiary/aromatic N) is 3. The molecule has 0 spiro atoms. The van der Waals surface area contributed by atoms with Gasteiger partial charge in [-0.15, -0.1) is 0 Å². The number of hydrogen-bond donors (Lipinski definition) is 0. The molecule has 8 heteroatoms. The summed E-state index contributed by atoms with van der Waals surface area (Å²) in [6.07, 6.45) is 4.24. The Balaban J connectivity index is 1.85. The van der Waals surface area contributed by atoms with Crippen LogP contribution in [0, 0.1) is 28.9 Å². The summed E-state index contributed by atoms with van der Waals surface area (Å²) < 4.78 is 16.8. The Hall–Kier alpha value is -3.83. The number of carbonyl (C=O) groups excluding carboxylic acids is 1. The van der Waals surface area contributed by atoms with Crippen molar-refractivity contribution < 1.29 is 13.9 Å². The maximum absolute atomic E-state index is 12.9. The Morgan fingerprint density at radius 3 is 2.30 bits per heavy atom. The van der Waals surface area contributed by atoms with E-state index in [0.29, 0.717) is 16.0 Å². The second kappa shape index (κ2) is 8.68. The van der Waals surface area contributed by atoms with Crippen LogP contribution in [-0.4, -0.2) is 26.3 Å². The van der Waals surface area contributed by atoms with E-state index in [-0.39, 0.29) is 11.3 Å². The second-order valence-corrected chi connectivity index (χ2v) is 8.79. The average molecular weight is 419 g/mol. The van der Waals surface area contributed by atoms with Crippen LogP contribution in [0.3, 0.4) is 0 Å². The van der Waals surface area contributed by atoms with Gasteiger partial charge >= 0.3 is 0 Å². The van der Waals surface area contributed by atoms with Gasteiger partial charge in [0, 0.05) is 46.8 Å². The molecule has 1 amide bonds. The average Bonchev–Trinajstić information content (AvgIpc) is 2.73. The van der Waals surface area contributed by atoms with E-state index in [0.717, 1.165) is 5.56 Å². The molecule has 1 atom stereocenters. The summed E-state index contributed by atoms with van der Waals surface area (Å²) >= 11 is 0. The molecule has 0 radical (unpaired) electrons. The molecule has 0 saturated carbocycles. The van der Waals surface area contributed by atoms with Crippen LogP contribution < -0.4 is 0 Å². The number of rotatable bonds is 3. The van der Waals surface area contributed by atoms with E-state index in [1.165, 1.54) is 49.0 Å². The van der Waals surface area contributed by atoms with Crippen LogP contribution in [0.5, 0.6) is 0 Å². The minimum Gasteiger partial charge on any atom is -0.266 e. The highest BCUT2D eigenvalue weighted by molar-refractivity contribution is 7.93. The fourth-order valence-corrected chi connectivity index (χ4v) is 3.66. The fourth-order valence-electron chi connectivity index (χ4n) is 2.49. The SMILES string of the molecule is Cc1ccc(S(C)(=O)=NC(=O)c2cncc(C#Cc3ccc([N+](=O)[O-])cc3)c2)cc1. The van der Waals surface area contributed by atoms with Gasteiger partial charge in [-0.25, -0.2) is 4.21 Å². The molecule has 0 aliphatic carbocycles. The van der Waals surface area contributed by atoms with Gasteiger partial charge in [0.25, 0.3) is 11.6 Å². The first-order chi connectivity index (χ1) is 14.2. The van der Waals surface area contributed by atoms with Gasteiger partial charge in [0.15, 0.2) is 0 Å². The maximum Gasteiger partial charge on any atom is 0.286 e. The monoisotopic (exact) mass is 419 g/mol. The zero-order valence-electron chi connectivity index (χ0n) is 16.2. The van der Waals surface area contributed by atoms with Crippen molar-refractivity contribution in [3.05, 3.63) is 99.4 Å². The van der Waals surface area contributed by atoms with E-state index in [9.17, 15) is 19.1 Å². The van der Waals surface area contributed by atoms with Gasteiger partial charge in [0.05, 0.1) is 20.2 Å². The van der Waals surface area contributed by atoms with Crippen molar-refractivity contribution in [1.82, 2.24) is 4.98 Å². The van der Waals surface area contributed by atoms with Crippen LogP contribution in [-0.2, 0) is 9.73 Å². The summed E-state index contributed by atoms with van der Waals surface area (Å²) in [7, 11) is -2.90. The lowest BCUT2D eigenvalue weighted by Crippen LogP contribution is -2.04. The molecule has 3 aromatic rings. The van der Waals surface area contributed by atoms with E-state index in [4.69, 9.17) is 0 Å². The fraction of sp³-hybridized carbons (Fsp3) is 0.0909. The molecule has 150 valence electrons. The normalized spacial score (nSPS) is 12.2. The molecule has 30 heavy (non-hydrogen) atoms. The molecule has 0 fully saturated rings. The topological polar surface area (TPSA) is 103 Å². The molecular weight excluding hydrogens is 402 g/mol. The Morgan fingerprint density at radius 2 is 1.67 bits per heavy atom. The number of amides is 1. The van der Waals surface area contributed by atoms with Gasteiger partial charge in [-0.3, -0.25) is 19.9 Å². The van der Waals surface area contributed by atoms with Crippen molar-refractivity contribution in [2.75, 3.05) is 6.26 Å². The standard InChI is InChI=1S/C22H17N3O4S/c1-16-3-11-21(12-4-16)30(2,29)24-22(26)19-13-18(14-23-15-19)6-5-17-7-9-20(10-8-17)25(27)28/h3-4,7-15H,1-2H3. The zero-order valence-corrected chi connectivity index (χ0v) is 17.1. The molecule has 0 aliphatic rings. The van der Waals surface area contributed by atoms with Gasteiger partial charge in [-0.1, -0.05) is 29.5 Å². The predicted molar refractivity (Wildman–Crippen MR) is 114 cm³/mol. The van der Waals surface area contributed by atoms with E-state index >= 15 is 0 Å². The number of aromatic nitrogens is 1. The Bertz CT molecular complexity index is 1290. The predicted octanol–water partition coefficient (Wildman–Crippen LogP) is 4.00. The van der Waals surface area contributed by atoms with E-state index < -0.39 is 20.6 Å². The lowest BCUT2D eigenvalue weighted by Gasteiger charge is -2.04. The van der Waals surface area contributed by atoms with Crippen LogP contribution in [0.15, 0.2) is 76.2 Å². The third-order valence-corrected chi connectivity index (χ3v) is 5.79. The van der Waals surface area contributed by atoms with E-state index in [1.54, 1.807) is 12.1 Å². The number of non-ortho nitro benzene ring substituents is 1. The lowest BCUT2D eigenvalue weighted by atomic mass is 10.1. The molecular formula is C22H17N3O4S. The first-order valence-electron chi connectivity index (χ1n) is 8.79. The summed E-state index contributed by atoms with van der Waals surface area (Å²) in [5, 5.41) is 10.7. The highest BCUT2D eigenvalue weighted by atomic mass is 32.2. The van der Waals surface area contributed by atoms with Gasteiger partial charge in [0.2, 0.25) is 0 Å². The van der Waals surface area contributed by atoms with Crippen molar-refractivity contribution in [2.24, 2.45) is 4.36 Å². The smallest absolute Gasteiger partial charge is 0.266 e. The van der Waals surface area contributed by atoms with Crippen molar-refractivity contribution in [1.29, 1.82) is 0 Å². The van der Waals surface area contributed by atoms with E-state index in [1.807, 2.05) is 19.1 Å². The van der Waals surface area contributed by atoms with Crippen LogP contribution in [0.1, 0.15) is 27.0 Å². The quantitative estimate of drug-likeness (QED) is 0.363. The molecule has 3 rings (SSSR count). The highest BCUT2D eigenvalue weighted by Crippen LogP contribution is 2.15. The van der Waals surface area contributed by atoms with Gasteiger partial charge in [0.1, 0.15) is 0 Å². The van der Waals surface area contributed by atoms with Crippen molar-refractivity contribution >= 4 is 21.3 Å². The molecule has 1 unspecified atom stereocenters. The van der Waals surface area contributed by atoms with Crippen molar-refractivity contribution in [3.8, 4) is 11.8 Å². The molecule has 0 saturated heterocycles. The molecule has 2 aromatic carbocycles. The van der Waals surface area contributed by atoms with Crippen LogP contribution in [0.4, 0.5) is 5.69 Å². The largest absolute Gasteiger partial charge is 0.286 e. The van der Waals surface area contributed by atoms with Crippen LogP contribution in [0.2, 0.25) is 0 Å². The summed E-state index contributed by atoms with van der Waals surface area (Å²) in [5.74, 6) is 5.08. The number of hydrogen-bond acceptors (Lipinski definition) is 5. The number of pyridine rings is 1. The molecule has 1 heterocycles. The summed E-state index contributed by atoms with van der Waals surface area (Å²) in [6, 6.07) is 14.3. The summed E-state index contributed by atoms with van der Waals surface area (Å²) in [4.78, 5) is 27.2. The second-order valence-electron chi connectivity index (χ2n) is 6.53. The Kier molecular flexibility index (Phi) is 6.04. The summed E-state index contributed by atoms with van der Waals surface area (Å²) in [6.45, 7) is 1.92. The van der Waals surface area contributed by atoms with Gasteiger partial charge in [-0.2, -0.15) is 4.36 Å². The molecule has 7 nitrogen and oxygen atoms in total. The molecule has 1 aromatic heterocycles. The number of carbonyl (C=O) groups is 1. The maximum atomic E-state index is 12.9. The zero-order chi connectivity index (χ0) is 21.7. The van der Waals surface area contributed by atoms with Crippen molar-refractivity contribution in [3.63, 3.8) is 0 Å². The molecule has 0 bridgehead atoms. The number of aryl methyl sites for hydroxylation is 1. The molecule has 0 aliphatic heterocycles. The minimum absolute atomic E-state index is 0.0202. The molecule has 0 N–H and O–H groups in total. The minimum atomic E-state index is -2.90. The van der Waals surface area contributed by atoms with Crippen molar-refractivity contribution in [2.45, 2.75) is 11.8 Å². The van der Waals surface area contributed by atoms with Crippen LogP contribution >= 0.6 is 0 Å². The number of benzene rings is 2. The van der Waals surface area contributed by atoms with Gasteiger partial charge in [-0.05, 0) is 37.3 Å². The van der Waals surface area contributed by atoms with E-state index in [2.05, 4.69) is 21.2 Å². The highest BCUT2D eigenvalue weighted by Gasteiger charge is 2.12. The summed E-state index contributed by atoms with van der Waals surface area (Å²) in [5.41, 5.74) is 2.22. The van der Waals surface area contributed by atoms with Crippen LogP contribution in [0.25, 0.3) is 0 Å². The Morgan fingerprint density at radius 1 is 1.03 bits per heavy atom. The first kappa shape index (κ1) is 20.9. The third-order valence-electron chi connectivity index (χ3n) is 4.13. The lowest BCUT2D eigenvalue weighted by molar-refractivity contribution is -0.384. The third kappa shape index (κ3) is 5.16. The van der Waals surface area contributed by atoms with Gasteiger partial charge < -0.3 is 0 Å². The first-order valence-corrected chi connectivity index (χ1v) is 10.7. The Labute approximate surface area is 174 Å². The number of nitro groups is 1. The number of nitro benzene ring substituents is 1.